The molecule has 1 heterocycles. The third-order valence-electron chi connectivity index (χ3n) is 3.22. The van der Waals surface area contributed by atoms with Crippen molar-refractivity contribution in [2.24, 2.45) is 0 Å². The van der Waals surface area contributed by atoms with Gasteiger partial charge in [0.05, 0.1) is 10.6 Å². The molecule has 2 rings (SSSR count). The maximum Gasteiger partial charge on any atom is 0.337 e. The number of hydrogen-bond donors (Lipinski definition) is 3. The number of rotatable bonds is 3. The van der Waals surface area contributed by atoms with Crippen LogP contribution in [0.4, 0.5) is 10.5 Å². The molecular formula is C13H17ClN4O3. The van der Waals surface area contributed by atoms with Gasteiger partial charge in [0.1, 0.15) is 0 Å². The Morgan fingerprint density at radius 1 is 1.24 bits per heavy atom. The SMILES string of the molecule is CN1CCN(NC(=O)Nc2ccc(C(=O)O)c(Cl)c2)CC1. The molecule has 0 aliphatic carbocycles. The molecule has 0 spiro atoms. The van der Waals surface area contributed by atoms with Crippen LogP contribution in [0.3, 0.4) is 0 Å². The number of carboxylic acids is 1. The fourth-order valence-electron chi connectivity index (χ4n) is 1.99. The highest BCUT2D eigenvalue weighted by atomic mass is 35.5. The fraction of sp³-hybridized carbons (Fsp3) is 0.385. The maximum absolute atomic E-state index is 11.9. The quantitative estimate of drug-likeness (QED) is 0.784. The number of halogens is 1. The summed E-state index contributed by atoms with van der Waals surface area (Å²) < 4.78 is 0. The summed E-state index contributed by atoms with van der Waals surface area (Å²) in [6, 6.07) is 3.89. The Morgan fingerprint density at radius 2 is 1.90 bits per heavy atom. The van der Waals surface area contributed by atoms with Crippen molar-refractivity contribution in [3.05, 3.63) is 28.8 Å². The molecule has 114 valence electrons. The molecule has 8 heteroatoms. The zero-order chi connectivity index (χ0) is 15.4. The van der Waals surface area contributed by atoms with E-state index < -0.39 is 5.97 Å². The lowest BCUT2D eigenvalue weighted by Crippen LogP contribution is -2.53. The molecule has 0 bridgehead atoms. The van der Waals surface area contributed by atoms with E-state index in [0.717, 1.165) is 26.2 Å². The molecule has 7 nitrogen and oxygen atoms in total. The number of amides is 2. The van der Waals surface area contributed by atoms with Crippen molar-refractivity contribution in [1.82, 2.24) is 15.3 Å². The molecule has 0 radical (unpaired) electrons. The Bertz CT molecular complexity index is 544. The van der Waals surface area contributed by atoms with Crippen molar-refractivity contribution in [3.8, 4) is 0 Å². The number of nitrogens with one attached hydrogen (secondary N) is 2. The van der Waals surface area contributed by atoms with Gasteiger partial charge in [0.2, 0.25) is 0 Å². The molecule has 1 aliphatic heterocycles. The number of nitrogens with zero attached hydrogens (tertiary/aromatic N) is 2. The minimum atomic E-state index is -1.10. The molecule has 1 aliphatic rings. The average Bonchev–Trinajstić information content (AvgIpc) is 2.41. The predicted molar refractivity (Wildman–Crippen MR) is 79.6 cm³/mol. The van der Waals surface area contributed by atoms with Gasteiger partial charge in [-0.15, -0.1) is 0 Å². The second-order valence-corrected chi connectivity index (χ2v) is 5.26. The number of carboxylic acid groups (broad SMARTS) is 1. The van der Waals surface area contributed by atoms with Gasteiger partial charge in [-0.05, 0) is 25.2 Å². The number of piperazine rings is 1. The maximum atomic E-state index is 11.9. The second-order valence-electron chi connectivity index (χ2n) is 4.86. The third-order valence-corrected chi connectivity index (χ3v) is 3.53. The number of anilines is 1. The standard InChI is InChI=1S/C13H17ClN4O3/c1-17-4-6-18(7-5-17)16-13(21)15-9-2-3-10(12(19)20)11(14)8-9/h2-3,8H,4-7H2,1H3,(H,19,20)(H2,15,16,21). The first kappa shape index (κ1) is 15.6. The molecule has 0 aromatic heterocycles. The highest BCUT2D eigenvalue weighted by Gasteiger charge is 2.16. The summed E-state index contributed by atoms with van der Waals surface area (Å²) in [4.78, 5) is 24.9. The van der Waals surface area contributed by atoms with Crippen LogP contribution in [0.5, 0.6) is 0 Å². The number of likely N-dealkylation sites (N-methyl/N-ethyl adjacent to an activating group) is 1. The summed E-state index contributed by atoms with van der Waals surface area (Å²) in [7, 11) is 2.03. The van der Waals surface area contributed by atoms with Crippen LogP contribution in [0.15, 0.2) is 18.2 Å². The lowest BCUT2D eigenvalue weighted by molar-refractivity contribution is 0.0697. The molecule has 1 aromatic rings. The van der Waals surface area contributed by atoms with Crippen LogP contribution >= 0.6 is 11.6 Å². The molecule has 21 heavy (non-hydrogen) atoms. The van der Waals surface area contributed by atoms with Gasteiger partial charge < -0.3 is 15.3 Å². The monoisotopic (exact) mass is 312 g/mol. The van der Waals surface area contributed by atoms with Crippen molar-refractivity contribution >= 4 is 29.3 Å². The predicted octanol–water partition coefficient (Wildman–Crippen LogP) is 1.32. The molecule has 0 saturated carbocycles. The van der Waals surface area contributed by atoms with Crippen LogP contribution in [0.25, 0.3) is 0 Å². The summed E-state index contributed by atoms with van der Waals surface area (Å²) >= 11 is 5.85. The number of hydrazine groups is 1. The number of benzene rings is 1. The largest absolute Gasteiger partial charge is 0.478 e. The van der Waals surface area contributed by atoms with Crippen molar-refractivity contribution in [2.45, 2.75) is 0 Å². The van der Waals surface area contributed by atoms with E-state index in [-0.39, 0.29) is 16.6 Å². The fourth-order valence-corrected chi connectivity index (χ4v) is 2.25. The van der Waals surface area contributed by atoms with Crippen molar-refractivity contribution < 1.29 is 14.7 Å². The van der Waals surface area contributed by atoms with Crippen LogP contribution in [0.2, 0.25) is 5.02 Å². The summed E-state index contributed by atoms with van der Waals surface area (Å²) in [5, 5.41) is 13.4. The van der Waals surface area contributed by atoms with Crippen LogP contribution in [0, 0.1) is 0 Å². The van der Waals surface area contributed by atoms with E-state index in [9.17, 15) is 9.59 Å². The van der Waals surface area contributed by atoms with E-state index >= 15 is 0 Å². The minimum absolute atomic E-state index is 0.00157. The van der Waals surface area contributed by atoms with Gasteiger partial charge >= 0.3 is 12.0 Å². The van der Waals surface area contributed by atoms with Crippen molar-refractivity contribution in [3.63, 3.8) is 0 Å². The van der Waals surface area contributed by atoms with E-state index in [2.05, 4.69) is 15.6 Å². The topological polar surface area (TPSA) is 84.9 Å². The summed E-state index contributed by atoms with van der Waals surface area (Å²) in [5.74, 6) is -1.10. The first-order valence-corrected chi connectivity index (χ1v) is 6.87. The number of hydrogen-bond acceptors (Lipinski definition) is 4. The van der Waals surface area contributed by atoms with E-state index in [1.54, 1.807) is 0 Å². The highest BCUT2D eigenvalue weighted by Crippen LogP contribution is 2.20. The normalized spacial score (nSPS) is 16.5. The zero-order valence-corrected chi connectivity index (χ0v) is 12.4. The van der Waals surface area contributed by atoms with Crippen LogP contribution in [-0.2, 0) is 0 Å². The molecule has 1 aromatic carbocycles. The van der Waals surface area contributed by atoms with Gasteiger partial charge in [0, 0.05) is 31.9 Å². The van der Waals surface area contributed by atoms with Gasteiger partial charge in [-0.1, -0.05) is 11.6 Å². The summed E-state index contributed by atoms with van der Waals surface area (Å²) in [5.41, 5.74) is 3.18. The van der Waals surface area contributed by atoms with Gasteiger partial charge in [-0.25, -0.2) is 14.6 Å². The Labute approximate surface area is 127 Å². The van der Waals surface area contributed by atoms with Gasteiger partial charge in [0.15, 0.2) is 0 Å². The van der Waals surface area contributed by atoms with Crippen LogP contribution < -0.4 is 10.7 Å². The van der Waals surface area contributed by atoms with E-state index in [0.29, 0.717) is 5.69 Å². The second kappa shape index (κ2) is 6.75. The van der Waals surface area contributed by atoms with Crippen molar-refractivity contribution in [1.29, 1.82) is 0 Å². The number of carbonyl (C=O) groups is 2. The lowest BCUT2D eigenvalue weighted by atomic mass is 10.2. The van der Waals surface area contributed by atoms with Crippen molar-refractivity contribution in [2.75, 3.05) is 38.5 Å². The summed E-state index contributed by atoms with van der Waals surface area (Å²) in [6.45, 7) is 3.28. The van der Waals surface area contributed by atoms with Gasteiger partial charge in [-0.3, -0.25) is 5.43 Å². The Kier molecular flexibility index (Phi) is 5.00. The number of carbonyl (C=O) groups excluding carboxylic acids is 1. The molecule has 1 fully saturated rings. The van der Waals surface area contributed by atoms with E-state index in [4.69, 9.17) is 16.7 Å². The molecular weight excluding hydrogens is 296 g/mol. The van der Waals surface area contributed by atoms with E-state index in [1.807, 2.05) is 12.1 Å². The zero-order valence-electron chi connectivity index (χ0n) is 11.6. The van der Waals surface area contributed by atoms with E-state index in [1.165, 1.54) is 18.2 Å². The Morgan fingerprint density at radius 3 is 2.48 bits per heavy atom. The molecule has 0 atom stereocenters. The Hall–Kier alpha value is -1.83. The first-order valence-electron chi connectivity index (χ1n) is 6.49. The first-order chi connectivity index (χ1) is 9.95. The molecule has 0 unspecified atom stereocenters. The Balaban J connectivity index is 1.91. The third kappa shape index (κ3) is 4.32. The van der Waals surface area contributed by atoms with Gasteiger partial charge in [0.25, 0.3) is 0 Å². The van der Waals surface area contributed by atoms with Crippen LogP contribution in [0.1, 0.15) is 10.4 Å². The molecule has 3 N–H and O–H groups in total. The summed E-state index contributed by atoms with van der Waals surface area (Å²) in [6.07, 6.45) is 0. The van der Waals surface area contributed by atoms with Crippen LogP contribution in [-0.4, -0.2) is 60.2 Å². The van der Waals surface area contributed by atoms with Gasteiger partial charge in [-0.2, -0.15) is 0 Å². The lowest BCUT2D eigenvalue weighted by Gasteiger charge is -2.32. The highest BCUT2D eigenvalue weighted by molar-refractivity contribution is 6.33. The number of aromatic carboxylic acids is 1. The number of urea groups is 1. The average molecular weight is 313 g/mol. The smallest absolute Gasteiger partial charge is 0.337 e. The minimum Gasteiger partial charge on any atom is -0.478 e. The molecule has 2 amide bonds. The molecule has 1 saturated heterocycles.